The van der Waals surface area contributed by atoms with Crippen molar-refractivity contribution >= 4 is 5.97 Å². The van der Waals surface area contributed by atoms with Crippen molar-refractivity contribution in [2.24, 2.45) is 0 Å². The van der Waals surface area contributed by atoms with Crippen molar-refractivity contribution < 1.29 is 15.0 Å². The maximum Gasteiger partial charge on any atom is 0.306 e. The minimum Gasteiger partial charge on any atom is -0.481 e. The third kappa shape index (κ3) is 3.30. The second-order valence-corrected chi connectivity index (χ2v) is 4.67. The molecule has 0 heterocycles. The third-order valence-corrected chi connectivity index (χ3v) is 3.00. The van der Waals surface area contributed by atoms with Gasteiger partial charge in [-0.1, -0.05) is 37.1 Å². The minimum absolute atomic E-state index is 0.245. The zero-order valence-corrected chi connectivity index (χ0v) is 10.7. The molecule has 1 unspecified atom stereocenters. The van der Waals surface area contributed by atoms with Gasteiger partial charge in [0.2, 0.25) is 0 Å². The number of aryl methyl sites for hydroxylation is 2. The number of hydrogen-bond donors (Lipinski definition) is 2. The van der Waals surface area contributed by atoms with Gasteiger partial charge in [0, 0.05) is 0 Å². The van der Waals surface area contributed by atoms with Crippen molar-refractivity contribution in [2.45, 2.75) is 45.6 Å². The number of aliphatic hydroxyl groups is 1. The van der Waals surface area contributed by atoms with E-state index in [9.17, 15) is 9.90 Å². The highest BCUT2D eigenvalue weighted by atomic mass is 16.4. The molecule has 0 aromatic heterocycles. The number of carboxylic acids is 1. The fourth-order valence-electron chi connectivity index (χ4n) is 2.22. The Balaban J connectivity index is 3.20. The van der Waals surface area contributed by atoms with Gasteiger partial charge in [-0.3, -0.25) is 4.79 Å². The lowest BCUT2D eigenvalue weighted by molar-refractivity contribution is -0.143. The minimum atomic E-state index is -1.25. The van der Waals surface area contributed by atoms with Crippen LogP contribution in [-0.4, -0.2) is 16.2 Å². The second-order valence-electron chi connectivity index (χ2n) is 4.67. The highest BCUT2D eigenvalue weighted by Crippen LogP contribution is 2.33. The predicted molar refractivity (Wildman–Crippen MR) is 67.0 cm³/mol. The van der Waals surface area contributed by atoms with Crippen LogP contribution in [0.25, 0.3) is 0 Å². The number of rotatable bonds is 5. The lowest BCUT2D eigenvalue weighted by Crippen LogP contribution is -2.30. The Morgan fingerprint density at radius 2 is 2.00 bits per heavy atom. The maximum absolute atomic E-state index is 10.9. The van der Waals surface area contributed by atoms with Gasteiger partial charge in [-0.05, 0) is 31.4 Å². The summed E-state index contributed by atoms with van der Waals surface area (Å²) in [6.07, 6.45) is 0.964. The van der Waals surface area contributed by atoms with Gasteiger partial charge in [-0.2, -0.15) is 0 Å². The number of carbonyl (C=O) groups is 1. The van der Waals surface area contributed by atoms with Crippen molar-refractivity contribution in [3.63, 3.8) is 0 Å². The molecule has 1 rings (SSSR count). The van der Waals surface area contributed by atoms with Crippen molar-refractivity contribution in [1.29, 1.82) is 0 Å². The summed E-state index contributed by atoms with van der Waals surface area (Å²) in [5.41, 5.74) is 1.46. The zero-order valence-electron chi connectivity index (χ0n) is 10.7. The molecule has 0 fully saturated rings. The third-order valence-electron chi connectivity index (χ3n) is 3.00. The van der Waals surface area contributed by atoms with E-state index in [0.29, 0.717) is 6.42 Å². The van der Waals surface area contributed by atoms with Crippen LogP contribution < -0.4 is 0 Å². The van der Waals surface area contributed by atoms with E-state index in [1.54, 1.807) is 0 Å². The molecule has 3 nitrogen and oxygen atoms in total. The standard InChI is InChI=1S/C14H20O3/c1-4-7-14(17,9-13(15)16)12-8-10(2)5-6-11(12)3/h5-6,8,17H,4,7,9H2,1-3H3,(H,15,16). The smallest absolute Gasteiger partial charge is 0.306 e. The predicted octanol–water partition coefficient (Wildman–Crippen LogP) is 2.77. The molecular weight excluding hydrogens is 216 g/mol. The molecule has 1 aromatic rings. The Morgan fingerprint density at radius 1 is 1.35 bits per heavy atom. The quantitative estimate of drug-likeness (QED) is 0.826. The summed E-state index contributed by atoms with van der Waals surface area (Å²) in [5.74, 6) is -0.971. The van der Waals surface area contributed by atoms with Gasteiger partial charge >= 0.3 is 5.97 Å². The van der Waals surface area contributed by atoms with Crippen LogP contribution in [0, 0.1) is 13.8 Å². The fourth-order valence-corrected chi connectivity index (χ4v) is 2.22. The summed E-state index contributed by atoms with van der Waals surface area (Å²) in [7, 11) is 0. The van der Waals surface area contributed by atoms with Crippen LogP contribution in [0.1, 0.15) is 42.9 Å². The molecule has 0 spiro atoms. The summed E-state index contributed by atoms with van der Waals surface area (Å²) in [4.78, 5) is 10.9. The summed E-state index contributed by atoms with van der Waals surface area (Å²) in [6.45, 7) is 5.78. The molecular formula is C14H20O3. The molecule has 0 bridgehead atoms. The average molecular weight is 236 g/mol. The molecule has 94 valence electrons. The normalized spacial score (nSPS) is 14.4. The summed E-state index contributed by atoms with van der Waals surface area (Å²) < 4.78 is 0. The van der Waals surface area contributed by atoms with E-state index in [2.05, 4.69) is 0 Å². The second kappa shape index (κ2) is 5.32. The molecule has 0 aliphatic rings. The van der Waals surface area contributed by atoms with Gasteiger partial charge in [-0.25, -0.2) is 0 Å². The van der Waals surface area contributed by atoms with Crippen LogP contribution in [0.4, 0.5) is 0 Å². The van der Waals surface area contributed by atoms with E-state index in [0.717, 1.165) is 23.1 Å². The van der Waals surface area contributed by atoms with Crippen molar-refractivity contribution in [1.82, 2.24) is 0 Å². The summed E-state index contributed by atoms with van der Waals surface area (Å²) in [6, 6.07) is 5.77. The molecule has 0 saturated carbocycles. The highest BCUT2D eigenvalue weighted by Gasteiger charge is 2.32. The molecule has 17 heavy (non-hydrogen) atoms. The summed E-state index contributed by atoms with van der Waals surface area (Å²) in [5, 5.41) is 19.5. The van der Waals surface area contributed by atoms with Crippen LogP contribution in [0.3, 0.4) is 0 Å². The Hall–Kier alpha value is -1.35. The SMILES string of the molecule is CCCC(O)(CC(=O)O)c1cc(C)ccc1C. The molecule has 0 saturated heterocycles. The van der Waals surface area contributed by atoms with Crippen molar-refractivity contribution in [3.05, 3.63) is 34.9 Å². The van der Waals surface area contributed by atoms with Crippen LogP contribution in [0.2, 0.25) is 0 Å². The monoisotopic (exact) mass is 236 g/mol. The molecule has 0 radical (unpaired) electrons. The molecule has 0 aliphatic heterocycles. The molecule has 2 N–H and O–H groups in total. The van der Waals surface area contributed by atoms with Gasteiger partial charge in [0.1, 0.15) is 5.60 Å². The lowest BCUT2D eigenvalue weighted by atomic mass is 9.83. The molecule has 1 aromatic carbocycles. The molecule has 0 aliphatic carbocycles. The first-order chi connectivity index (χ1) is 7.89. The van der Waals surface area contributed by atoms with E-state index in [1.165, 1.54) is 0 Å². The first-order valence-corrected chi connectivity index (χ1v) is 5.91. The van der Waals surface area contributed by atoms with Crippen LogP contribution >= 0.6 is 0 Å². The maximum atomic E-state index is 10.9. The molecule has 0 amide bonds. The van der Waals surface area contributed by atoms with E-state index in [4.69, 9.17) is 5.11 Å². The van der Waals surface area contributed by atoms with Crippen LogP contribution in [0.5, 0.6) is 0 Å². The number of benzene rings is 1. The fraction of sp³-hybridized carbons (Fsp3) is 0.500. The Bertz CT molecular complexity index is 412. The number of hydrogen-bond acceptors (Lipinski definition) is 2. The molecule has 1 atom stereocenters. The highest BCUT2D eigenvalue weighted by molar-refractivity contribution is 5.68. The Morgan fingerprint density at radius 3 is 2.53 bits per heavy atom. The number of aliphatic carboxylic acids is 1. The summed E-state index contributed by atoms with van der Waals surface area (Å²) >= 11 is 0. The van der Waals surface area contributed by atoms with Gasteiger partial charge in [-0.15, -0.1) is 0 Å². The van der Waals surface area contributed by atoms with Gasteiger partial charge in [0.15, 0.2) is 0 Å². The largest absolute Gasteiger partial charge is 0.481 e. The van der Waals surface area contributed by atoms with Crippen molar-refractivity contribution in [3.8, 4) is 0 Å². The van der Waals surface area contributed by atoms with Crippen molar-refractivity contribution in [2.75, 3.05) is 0 Å². The molecule has 3 heteroatoms. The topological polar surface area (TPSA) is 57.5 Å². The average Bonchev–Trinajstić information content (AvgIpc) is 2.20. The van der Waals surface area contributed by atoms with Crippen LogP contribution in [0.15, 0.2) is 18.2 Å². The first kappa shape index (κ1) is 13.7. The lowest BCUT2D eigenvalue weighted by Gasteiger charge is -2.28. The first-order valence-electron chi connectivity index (χ1n) is 5.91. The van der Waals surface area contributed by atoms with E-state index >= 15 is 0 Å². The van der Waals surface area contributed by atoms with Gasteiger partial charge in [0.05, 0.1) is 6.42 Å². The Kier molecular flexibility index (Phi) is 4.29. The van der Waals surface area contributed by atoms with E-state index in [-0.39, 0.29) is 6.42 Å². The van der Waals surface area contributed by atoms with Crippen LogP contribution in [-0.2, 0) is 10.4 Å². The van der Waals surface area contributed by atoms with E-state index in [1.807, 2.05) is 39.0 Å². The Labute approximate surface area is 102 Å². The van der Waals surface area contributed by atoms with Gasteiger partial charge in [0.25, 0.3) is 0 Å². The zero-order chi connectivity index (χ0) is 13.1. The van der Waals surface area contributed by atoms with Gasteiger partial charge < -0.3 is 10.2 Å². The van der Waals surface area contributed by atoms with E-state index < -0.39 is 11.6 Å². The number of carboxylic acid groups (broad SMARTS) is 1.